The molecule has 0 bridgehead atoms. The Hall–Kier alpha value is -3.41. The third-order valence-corrected chi connectivity index (χ3v) is 4.11. The Bertz CT molecular complexity index is 1070. The molecule has 0 atom stereocenters. The lowest BCUT2D eigenvalue weighted by Gasteiger charge is -2.04. The van der Waals surface area contributed by atoms with E-state index in [9.17, 15) is 9.59 Å². The highest BCUT2D eigenvalue weighted by Crippen LogP contribution is 2.26. The van der Waals surface area contributed by atoms with Crippen LogP contribution in [0.3, 0.4) is 0 Å². The van der Waals surface area contributed by atoms with Crippen molar-refractivity contribution in [2.75, 3.05) is 6.61 Å². The minimum atomic E-state index is -0.489. The van der Waals surface area contributed by atoms with E-state index in [0.29, 0.717) is 17.9 Å². The van der Waals surface area contributed by atoms with Gasteiger partial charge in [0.15, 0.2) is 0 Å². The molecule has 0 radical (unpaired) electrons. The molecule has 2 aromatic heterocycles. The highest BCUT2D eigenvalue weighted by molar-refractivity contribution is 5.87. The average Bonchev–Trinajstić information content (AvgIpc) is 3.12. The number of hydrogen-bond donors (Lipinski definition) is 0. The maximum Gasteiger partial charge on any atom is 0.331 e. The molecular formula is C20H16N2O4. The molecule has 6 heteroatoms. The van der Waals surface area contributed by atoms with E-state index in [2.05, 4.69) is 4.98 Å². The standard InChI is InChI=1S/C20H16N2O4/c23-19-12-16(21-18-3-1-2-9-22(18)19)13-26-20(24)7-5-14-4-6-17-15(11-14)8-10-25-17/h1-7,9,11-12H,8,10,13H2/b7-5+. The minimum absolute atomic E-state index is 0.0537. The van der Waals surface area contributed by atoms with Crippen LogP contribution in [0.1, 0.15) is 16.8 Å². The number of nitrogens with zero attached hydrogens (tertiary/aromatic N) is 2. The van der Waals surface area contributed by atoms with Crippen molar-refractivity contribution < 1.29 is 14.3 Å². The molecule has 0 fully saturated rings. The molecule has 3 aromatic rings. The van der Waals surface area contributed by atoms with Gasteiger partial charge in [-0.05, 0) is 41.5 Å². The molecule has 130 valence electrons. The van der Waals surface area contributed by atoms with Gasteiger partial charge < -0.3 is 9.47 Å². The van der Waals surface area contributed by atoms with E-state index in [4.69, 9.17) is 9.47 Å². The van der Waals surface area contributed by atoms with Crippen molar-refractivity contribution in [3.63, 3.8) is 0 Å². The van der Waals surface area contributed by atoms with Gasteiger partial charge >= 0.3 is 5.97 Å². The van der Waals surface area contributed by atoms with Crippen molar-refractivity contribution in [2.24, 2.45) is 0 Å². The summed E-state index contributed by atoms with van der Waals surface area (Å²) >= 11 is 0. The van der Waals surface area contributed by atoms with Gasteiger partial charge in [-0.1, -0.05) is 12.1 Å². The first-order valence-electron chi connectivity index (χ1n) is 8.27. The average molecular weight is 348 g/mol. The monoisotopic (exact) mass is 348 g/mol. The van der Waals surface area contributed by atoms with Crippen LogP contribution in [0.5, 0.6) is 5.75 Å². The summed E-state index contributed by atoms with van der Waals surface area (Å²) in [5.41, 5.74) is 2.77. The fourth-order valence-electron chi connectivity index (χ4n) is 2.84. The largest absolute Gasteiger partial charge is 0.493 e. The van der Waals surface area contributed by atoms with Gasteiger partial charge in [0.2, 0.25) is 0 Å². The first kappa shape index (κ1) is 16.1. The summed E-state index contributed by atoms with van der Waals surface area (Å²) in [7, 11) is 0. The van der Waals surface area contributed by atoms with Crippen molar-refractivity contribution in [2.45, 2.75) is 13.0 Å². The lowest BCUT2D eigenvalue weighted by atomic mass is 10.1. The van der Waals surface area contributed by atoms with E-state index in [1.54, 1.807) is 30.5 Å². The van der Waals surface area contributed by atoms with Crippen LogP contribution in [0, 0.1) is 0 Å². The number of esters is 1. The number of rotatable bonds is 4. The Labute approximate surface area is 149 Å². The van der Waals surface area contributed by atoms with Crippen LogP contribution >= 0.6 is 0 Å². The molecule has 0 N–H and O–H groups in total. The second-order valence-corrected chi connectivity index (χ2v) is 5.92. The van der Waals surface area contributed by atoms with Crippen LogP contribution in [-0.2, 0) is 22.6 Å². The van der Waals surface area contributed by atoms with Gasteiger partial charge in [-0.25, -0.2) is 9.78 Å². The number of fused-ring (bicyclic) bond motifs is 2. The summed E-state index contributed by atoms with van der Waals surface area (Å²) in [5.74, 6) is 0.412. The molecule has 0 saturated heterocycles. The van der Waals surface area contributed by atoms with Gasteiger partial charge in [0.25, 0.3) is 5.56 Å². The minimum Gasteiger partial charge on any atom is -0.493 e. The molecule has 26 heavy (non-hydrogen) atoms. The number of hydrogen-bond acceptors (Lipinski definition) is 5. The SMILES string of the molecule is O=C(/C=C/c1ccc2c(c1)CCO2)OCc1cc(=O)n2ccccc2n1. The van der Waals surface area contributed by atoms with Gasteiger partial charge in [0.1, 0.15) is 18.0 Å². The highest BCUT2D eigenvalue weighted by atomic mass is 16.5. The Balaban J connectivity index is 1.42. The first-order chi connectivity index (χ1) is 12.7. The van der Waals surface area contributed by atoms with Crippen molar-refractivity contribution >= 4 is 17.7 Å². The van der Waals surface area contributed by atoms with E-state index >= 15 is 0 Å². The number of carbonyl (C=O) groups is 1. The Morgan fingerprint density at radius 1 is 1.27 bits per heavy atom. The predicted octanol–water partition coefficient (Wildman–Crippen LogP) is 2.39. The van der Waals surface area contributed by atoms with E-state index in [1.807, 2.05) is 18.2 Å². The van der Waals surface area contributed by atoms with E-state index in [0.717, 1.165) is 23.3 Å². The zero-order chi connectivity index (χ0) is 17.9. The topological polar surface area (TPSA) is 69.9 Å². The molecule has 6 nitrogen and oxygen atoms in total. The smallest absolute Gasteiger partial charge is 0.331 e. The van der Waals surface area contributed by atoms with Crippen molar-refractivity contribution in [1.29, 1.82) is 0 Å². The fraction of sp³-hybridized carbons (Fsp3) is 0.150. The second kappa shape index (κ2) is 6.84. The molecule has 4 rings (SSSR count). The lowest BCUT2D eigenvalue weighted by molar-refractivity contribution is -0.139. The zero-order valence-electron chi connectivity index (χ0n) is 13.9. The molecule has 0 aliphatic carbocycles. The van der Waals surface area contributed by atoms with Crippen LogP contribution in [-0.4, -0.2) is 22.0 Å². The predicted molar refractivity (Wildman–Crippen MR) is 95.9 cm³/mol. The van der Waals surface area contributed by atoms with Crippen molar-refractivity contribution in [1.82, 2.24) is 9.38 Å². The van der Waals surface area contributed by atoms with Gasteiger partial charge in [0.05, 0.1) is 12.3 Å². The third-order valence-electron chi connectivity index (χ3n) is 4.11. The quantitative estimate of drug-likeness (QED) is 0.535. The van der Waals surface area contributed by atoms with Crippen LogP contribution in [0.15, 0.2) is 59.5 Å². The van der Waals surface area contributed by atoms with Crippen molar-refractivity contribution in [3.8, 4) is 5.75 Å². The normalized spacial score (nSPS) is 12.9. The van der Waals surface area contributed by atoms with Crippen LogP contribution in [0.4, 0.5) is 0 Å². The number of aromatic nitrogens is 2. The molecule has 1 aromatic carbocycles. The second-order valence-electron chi connectivity index (χ2n) is 5.92. The Morgan fingerprint density at radius 2 is 2.19 bits per heavy atom. The summed E-state index contributed by atoms with van der Waals surface area (Å²) in [6.07, 6.45) is 5.59. The van der Waals surface area contributed by atoms with E-state index in [-0.39, 0.29) is 12.2 Å². The molecule has 0 unspecified atom stereocenters. The Morgan fingerprint density at radius 3 is 3.12 bits per heavy atom. The van der Waals surface area contributed by atoms with Crippen LogP contribution < -0.4 is 10.3 Å². The van der Waals surface area contributed by atoms with Gasteiger partial charge in [-0.3, -0.25) is 9.20 Å². The fourth-order valence-corrected chi connectivity index (χ4v) is 2.84. The van der Waals surface area contributed by atoms with Crippen LogP contribution in [0.25, 0.3) is 11.7 Å². The summed E-state index contributed by atoms with van der Waals surface area (Å²) in [4.78, 5) is 28.2. The van der Waals surface area contributed by atoms with Gasteiger partial charge in [0, 0.05) is 24.8 Å². The number of pyridine rings is 1. The van der Waals surface area contributed by atoms with Gasteiger partial charge in [-0.15, -0.1) is 0 Å². The Kier molecular flexibility index (Phi) is 4.23. The number of benzene rings is 1. The summed E-state index contributed by atoms with van der Waals surface area (Å²) in [6.45, 7) is 0.644. The number of ether oxygens (including phenoxy) is 2. The zero-order valence-corrected chi connectivity index (χ0v) is 13.9. The molecule has 3 heterocycles. The number of carbonyl (C=O) groups excluding carboxylic acids is 1. The molecule has 0 spiro atoms. The van der Waals surface area contributed by atoms with E-state index in [1.165, 1.54) is 16.5 Å². The molecule has 1 aliphatic rings. The molecule has 0 amide bonds. The van der Waals surface area contributed by atoms with E-state index < -0.39 is 5.97 Å². The summed E-state index contributed by atoms with van der Waals surface area (Å²) in [5, 5.41) is 0. The third kappa shape index (κ3) is 3.35. The summed E-state index contributed by atoms with van der Waals surface area (Å²) in [6, 6.07) is 12.4. The van der Waals surface area contributed by atoms with Crippen LogP contribution in [0.2, 0.25) is 0 Å². The maximum atomic E-state index is 12.0. The molecular weight excluding hydrogens is 332 g/mol. The highest BCUT2D eigenvalue weighted by Gasteiger charge is 2.11. The van der Waals surface area contributed by atoms with Crippen molar-refractivity contribution in [3.05, 3.63) is 81.9 Å². The molecule has 0 saturated carbocycles. The first-order valence-corrected chi connectivity index (χ1v) is 8.27. The molecule has 1 aliphatic heterocycles. The maximum absolute atomic E-state index is 12.0. The summed E-state index contributed by atoms with van der Waals surface area (Å²) < 4.78 is 12.1. The lowest BCUT2D eigenvalue weighted by Crippen LogP contribution is -2.16. The van der Waals surface area contributed by atoms with Gasteiger partial charge in [-0.2, -0.15) is 0 Å².